The van der Waals surface area contributed by atoms with Crippen molar-refractivity contribution in [3.05, 3.63) is 82.4 Å². The summed E-state index contributed by atoms with van der Waals surface area (Å²) in [5, 5.41) is 15.4. The van der Waals surface area contributed by atoms with E-state index in [2.05, 4.69) is 10.3 Å². The number of thiazole rings is 1. The molecule has 1 aliphatic rings. The van der Waals surface area contributed by atoms with E-state index in [0.717, 1.165) is 46.7 Å². The van der Waals surface area contributed by atoms with Crippen LogP contribution in [0.4, 0.5) is 17.1 Å². The van der Waals surface area contributed by atoms with Crippen LogP contribution in [0.3, 0.4) is 0 Å². The van der Waals surface area contributed by atoms with Crippen LogP contribution in [0.15, 0.2) is 66.7 Å². The van der Waals surface area contributed by atoms with Crippen molar-refractivity contribution >= 4 is 44.5 Å². The molecule has 160 valence electrons. The molecule has 8 heteroatoms. The van der Waals surface area contributed by atoms with Gasteiger partial charge in [-0.1, -0.05) is 24.3 Å². The summed E-state index contributed by atoms with van der Waals surface area (Å²) in [6, 6.07) is 20.0. The van der Waals surface area contributed by atoms with E-state index in [1.807, 2.05) is 53.4 Å². The highest BCUT2D eigenvalue weighted by Crippen LogP contribution is 2.35. The molecule has 0 radical (unpaired) electrons. The Hall–Kier alpha value is -3.78. The molecule has 0 aliphatic carbocycles. The van der Waals surface area contributed by atoms with Gasteiger partial charge in [-0.2, -0.15) is 0 Å². The third-order valence-corrected chi connectivity index (χ3v) is 6.65. The second kappa shape index (κ2) is 8.39. The number of aromatic nitrogens is 1. The predicted molar refractivity (Wildman–Crippen MR) is 128 cm³/mol. The number of hydrogen-bond acceptors (Lipinski definition) is 6. The number of para-hydroxylation sites is 2. The average molecular weight is 445 g/mol. The zero-order valence-electron chi connectivity index (χ0n) is 17.2. The SMILES string of the molecule is O=C(Nc1ccccc1-c1nc2ccccc2s1)c1ccc(N2CCCC2)c([N+](=O)[O-])c1. The van der Waals surface area contributed by atoms with Crippen molar-refractivity contribution in [2.75, 3.05) is 23.3 Å². The van der Waals surface area contributed by atoms with Crippen molar-refractivity contribution in [3.8, 4) is 10.6 Å². The minimum atomic E-state index is -0.417. The first-order chi connectivity index (χ1) is 15.6. The summed E-state index contributed by atoms with van der Waals surface area (Å²) in [6.07, 6.45) is 2.03. The first kappa shape index (κ1) is 20.1. The molecule has 0 atom stereocenters. The van der Waals surface area contributed by atoms with E-state index < -0.39 is 10.8 Å². The Kier molecular flexibility index (Phi) is 5.28. The highest BCUT2D eigenvalue weighted by atomic mass is 32.1. The van der Waals surface area contributed by atoms with Crippen LogP contribution in [0.25, 0.3) is 20.8 Å². The number of amides is 1. The van der Waals surface area contributed by atoms with Crippen LogP contribution < -0.4 is 10.2 Å². The Morgan fingerprint density at radius 1 is 1.03 bits per heavy atom. The molecule has 4 aromatic rings. The number of hydrogen-bond donors (Lipinski definition) is 1. The van der Waals surface area contributed by atoms with Gasteiger partial charge < -0.3 is 10.2 Å². The zero-order chi connectivity index (χ0) is 22.1. The molecular weight excluding hydrogens is 424 g/mol. The molecule has 1 N–H and O–H groups in total. The zero-order valence-corrected chi connectivity index (χ0v) is 18.0. The molecule has 3 aromatic carbocycles. The van der Waals surface area contributed by atoms with Crippen LogP contribution in [-0.4, -0.2) is 28.9 Å². The maximum absolute atomic E-state index is 13.0. The first-order valence-electron chi connectivity index (χ1n) is 10.4. The van der Waals surface area contributed by atoms with Crippen LogP contribution in [0.1, 0.15) is 23.2 Å². The van der Waals surface area contributed by atoms with Gasteiger partial charge in [0.2, 0.25) is 0 Å². The minimum Gasteiger partial charge on any atom is -0.366 e. The molecule has 1 fully saturated rings. The molecule has 1 aromatic heterocycles. The molecule has 2 heterocycles. The standard InChI is InChI=1S/C24H20N4O3S/c29-23(16-11-12-20(21(15-16)28(30)31)27-13-5-6-14-27)25-18-8-2-1-7-17(18)24-26-19-9-3-4-10-22(19)32-24/h1-4,7-12,15H,5-6,13-14H2,(H,25,29). The smallest absolute Gasteiger partial charge is 0.293 e. The molecule has 5 rings (SSSR count). The number of fused-ring (bicyclic) bond motifs is 1. The Balaban J connectivity index is 1.45. The van der Waals surface area contributed by atoms with Gasteiger partial charge in [0, 0.05) is 30.3 Å². The number of nitro groups is 1. The Morgan fingerprint density at radius 2 is 1.78 bits per heavy atom. The summed E-state index contributed by atoms with van der Waals surface area (Å²) in [5.74, 6) is -0.394. The van der Waals surface area contributed by atoms with Gasteiger partial charge in [-0.15, -0.1) is 11.3 Å². The number of carbonyl (C=O) groups is 1. The third-order valence-electron chi connectivity index (χ3n) is 5.58. The van der Waals surface area contributed by atoms with Crippen molar-refractivity contribution in [1.82, 2.24) is 4.98 Å². The Labute approximate surface area is 188 Å². The largest absolute Gasteiger partial charge is 0.366 e. The fourth-order valence-corrected chi connectivity index (χ4v) is 5.00. The summed E-state index contributed by atoms with van der Waals surface area (Å²) < 4.78 is 1.07. The fraction of sp³-hybridized carbons (Fsp3) is 0.167. The number of nitrogens with one attached hydrogen (secondary N) is 1. The number of nitro benzene ring substituents is 1. The van der Waals surface area contributed by atoms with E-state index in [1.54, 1.807) is 23.5 Å². The third kappa shape index (κ3) is 3.80. The van der Waals surface area contributed by atoms with Crippen LogP contribution in [0.5, 0.6) is 0 Å². The average Bonchev–Trinajstić information content (AvgIpc) is 3.49. The number of anilines is 2. The summed E-state index contributed by atoms with van der Waals surface area (Å²) in [7, 11) is 0. The Bertz CT molecular complexity index is 1290. The molecule has 32 heavy (non-hydrogen) atoms. The fourth-order valence-electron chi connectivity index (χ4n) is 4.00. The van der Waals surface area contributed by atoms with Gasteiger partial charge in [0.25, 0.3) is 11.6 Å². The van der Waals surface area contributed by atoms with Gasteiger partial charge in [-0.3, -0.25) is 14.9 Å². The lowest BCUT2D eigenvalue weighted by Crippen LogP contribution is -2.20. The van der Waals surface area contributed by atoms with E-state index in [9.17, 15) is 14.9 Å². The van der Waals surface area contributed by atoms with Gasteiger partial charge in [0.1, 0.15) is 10.7 Å². The molecule has 1 saturated heterocycles. The quantitative estimate of drug-likeness (QED) is 0.314. The van der Waals surface area contributed by atoms with E-state index in [-0.39, 0.29) is 11.3 Å². The predicted octanol–water partition coefficient (Wildman–Crippen LogP) is 5.72. The van der Waals surface area contributed by atoms with Crippen LogP contribution >= 0.6 is 11.3 Å². The molecule has 0 spiro atoms. The topological polar surface area (TPSA) is 88.4 Å². The normalized spacial score (nSPS) is 13.4. The van der Waals surface area contributed by atoms with Crippen LogP contribution in [-0.2, 0) is 0 Å². The van der Waals surface area contributed by atoms with Crippen LogP contribution in [0, 0.1) is 10.1 Å². The molecule has 0 saturated carbocycles. The molecule has 0 bridgehead atoms. The van der Waals surface area contributed by atoms with Gasteiger partial charge in [0.15, 0.2) is 0 Å². The lowest BCUT2D eigenvalue weighted by molar-refractivity contribution is -0.384. The minimum absolute atomic E-state index is 0.0426. The number of carbonyl (C=O) groups excluding carboxylic acids is 1. The maximum Gasteiger partial charge on any atom is 0.293 e. The van der Waals surface area contributed by atoms with Crippen molar-refractivity contribution in [2.24, 2.45) is 0 Å². The van der Waals surface area contributed by atoms with Crippen molar-refractivity contribution in [1.29, 1.82) is 0 Å². The van der Waals surface area contributed by atoms with E-state index in [4.69, 9.17) is 0 Å². The lowest BCUT2D eigenvalue weighted by Gasteiger charge is -2.18. The van der Waals surface area contributed by atoms with E-state index >= 15 is 0 Å². The number of rotatable bonds is 5. The van der Waals surface area contributed by atoms with E-state index in [1.165, 1.54) is 6.07 Å². The highest BCUT2D eigenvalue weighted by molar-refractivity contribution is 7.21. The molecule has 1 aliphatic heterocycles. The van der Waals surface area contributed by atoms with Gasteiger partial charge in [-0.05, 0) is 49.2 Å². The van der Waals surface area contributed by atoms with Gasteiger partial charge in [-0.25, -0.2) is 4.98 Å². The second-order valence-electron chi connectivity index (χ2n) is 7.64. The molecular formula is C24H20N4O3S. The lowest BCUT2D eigenvalue weighted by atomic mass is 10.1. The van der Waals surface area contributed by atoms with Crippen molar-refractivity contribution < 1.29 is 9.72 Å². The second-order valence-corrected chi connectivity index (χ2v) is 8.67. The maximum atomic E-state index is 13.0. The van der Waals surface area contributed by atoms with Crippen molar-refractivity contribution in [3.63, 3.8) is 0 Å². The Morgan fingerprint density at radius 3 is 2.56 bits per heavy atom. The molecule has 1 amide bonds. The molecule has 0 unspecified atom stereocenters. The van der Waals surface area contributed by atoms with Gasteiger partial charge in [0.05, 0.1) is 20.8 Å². The summed E-state index contributed by atoms with van der Waals surface area (Å²) in [6.45, 7) is 1.59. The molecule has 7 nitrogen and oxygen atoms in total. The first-order valence-corrected chi connectivity index (χ1v) is 11.2. The summed E-state index contributed by atoms with van der Waals surface area (Å²) in [5.41, 5.74) is 3.10. The summed E-state index contributed by atoms with van der Waals surface area (Å²) >= 11 is 1.55. The van der Waals surface area contributed by atoms with Gasteiger partial charge >= 0.3 is 0 Å². The monoisotopic (exact) mass is 444 g/mol. The summed E-state index contributed by atoms with van der Waals surface area (Å²) in [4.78, 5) is 31.0. The van der Waals surface area contributed by atoms with Crippen molar-refractivity contribution in [2.45, 2.75) is 12.8 Å². The van der Waals surface area contributed by atoms with E-state index in [0.29, 0.717) is 11.4 Å². The number of nitrogens with zero attached hydrogens (tertiary/aromatic N) is 3. The highest BCUT2D eigenvalue weighted by Gasteiger charge is 2.24. The van der Waals surface area contributed by atoms with Crippen LogP contribution in [0.2, 0.25) is 0 Å². The number of benzene rings is 3.